The van der Waals surface area contributed by atoms with E-state index in [1.807, 2.05) is 12.1 Å². The molecular weight excluding hydrogens is 271 g/mol. The van der Waals surface area contributed by atoms with E-state index in [1.54, 1.807) is 0 Å². The minimum atomic E-state index is -0.435. The number of hydrogen-bond donors (Lipinski definition) is 3. The summed E-state index contributed by atoms with van der Waals surface area (Å²) in [4.78, 5) is 12.1. The van der Waals surface area contributed by atoms with Crippen LogP contribution in [0.5, 0.6) is 0 Å². The Kier molecular flexibility index (Phi) is 3.95. The first-order chi connectivity index (χ1) is 10.1. The second-order valence-electron chi connectivity index (χ2n) is 6.21. The quantitative estimate of drug-likeness (QED) is 0.778. The number of halogens is 1. The van der Waals surface area contributed by atoms with Gasteiger partial charge in [0.25, 0.3) is 0 Å². The zero-order chi connectivity index (χ0) is 14.9. The van der Waals surface area contributed by atoms with Gasteiger partial charge in [-0.25, -0.2) is 4.39 Å². The molecule has 3 rings (SSSR count). The molecule has 2 unspecified atom stereocenters. The highest BCUT2D eigenvalue weighted by Gasteiger charge is 2.39. The van der Waals surface area contributed by atoms with E-state index in [0.717, 1.165) is 24.8 Å². The maximum atomic E-state index is 13.1. The number of nitrogens with one attached hydrogen (secondary N) is 2. The molecule has 4 nitrogen and oxygen atoms in total. The third-order valence-electron chi connectivity index (χ3n) is 4.79. The van der Waals surface area contributed by atoms with Gasteiger partial charge in [-0.05, 0) is 37.0 Å². The van der Waals surface area contributed by atoms with Gasteiger partial charge in [-0.1, -0.05) is 18.6 Å². The van der Waals surface area contributed by atoms with Gasteiger partial charge in [-0.15, -0.1) is 0 Å². The largest absolute Gasteiger partial charge is 0.392 e. The molecule has 3 N–H and O–H groups in total. The molecule has 1 amide bonds. The highest BCUT2D eigenvalue weighted by molar-refractivity contribution is 5.82. The number of carbonyl (C=O) groups is 1. The van der Waals surface area contributed by atoms with Gasteiger partial charge >= 0.3 is 0 Å². The average molecular weight is 292 g/mol. The van der Waals surface area contributed by atoms with Crippen LogP contribution in [-0.4, -0.2) is 36.2 Å². The monoisotopic (exact) mass is 292 g/mol. The molecular formula is C16H21FN2O2. The van der Waals surface area contributed by atoms with E-state index in [2.05, 4.69) is 10.6 Å². The van der Waals surface area contributed by atoms with Crippen molar-refractivity contribution in [2.24, 2.45) is 0 Å². The van der Waals surface area contributed by atoms with Crippen LogP contribution in [0.1, 0.15) is 31.2 Å². The summed E-state index contributed by atoms with van der Waals surface area (Å²) >= 11 is 0. The predicted octanol–water partition coefficient (Wildman–Crippen LogP) is 1.09. The SMILES string of the molecule is O=C(NCC1(c2ccc(F)cc2)CCC1)C1CC(O)CN1. The first-order valence-corrected chi connectivity index (χ1v) is 7.54. The first kappa shape index (κ1) is 14.5. The van der Waals surface area contributed by atoms with Crippen molar-refractivity contribution in [3.05, 3.63) is 35.6 Å². The molecule has 1 aromatic carbocycles. The van der Waals surface area contributed by atoms with Crippen molar-refractivity contribution >= 4 is 5.91 Å². The molecule has 1 aliphatic carbocycles. The zero-order valence-corrected chi connectivity index (χ0v) is 11.9. The predicted molar refractivity (Wildman–Crippen MR) is 77.4 cm³/mol. The van der Waals surface area contributed by atoms with Gasteiger partial charge in [0.1, 0.15) is 5.82 Å². The van der Waals surface area contributed by atoms with E-state index in [-0.39, 0.29) is 23.2 Å². The molecule has 0 radical (unpaired) electrons. The second kappa shape index (κ2) is 5.73. The van der Waals surface area contributed by atoms with E-state index in [1.165, 1.54) is 12.1 Å². The Hall–Kier alpha value is -1.46. The average Bonchev–Trinajstić information content (AvgIpc) is 2.86. The van der Waals surface area contributed by atoms with Crippen molar-refractivity contribution in [2.75, 3.05) is 13.1 Å². The summed E-state index contributed by atoms with van der Waals surface area (Å²) in [6, 6.07) is 6.29. The molecule has 2 aliphatic rings. The number of carbonyl (C=O) groups excluding carboxylic acids is 1. The molecule has 0 spiro atoms. The fraction of sp³-hybridized carbons (Fsp3) is 0.562. The van der Waals surface area contributed by atoms with Crippen molar-refractivity contribution in [3.63, 3.8) is 0 Å². The fourth-order valence-corrected chi connectivity index (χ4v) is 3.27. The van der Waals surface area contributed by atoms with Crippen LogP contribution in [0.15, 0.2) is 24.3 Å². The lowest BCUT2D eigenvalue weighted by Gasteiger charge is -2.42. The normalized spacial score (nSPS) is 27.1. The number of benzene rings is 1. The zero-order valence-electron chi connectivity index (χ0n) is 11.9. The molecule has 2 fully saturated rings. The van der Waals surface area contributed by atoms with E-state index in [4.69, 9.17) is 0 Å². The van der Waals surface area contributed by atoms with Crippen LogP contribution in [0.25, 0.3) is 0 Å². The van der Waals surface area contributed by atoms with Gasteiger partial charge in [0.15, 0.2) is 0 Å². The van der Waals surface area contributed by atoms with Crippen LogP contribution in [0.2, 0.25) is 0 Å². The maximum Gasteiger partial charge on any atom is 0.237 e. The van der Waals surface area contributed by atoms with Gasteiger partial charge < -0.3 is 15.7 Å². The molecule has 1 heterocycles. The van der Waals surface area contributed by atoms with Gasteiger partial charge in [-0.3, -0.25) is 4.79 Å². The topological polar surface area (TPSA) is 61.4 Å². The number of hydrogen-bond acceptors (Lipinski definition) is 3. The van der Waals surface area contributed by atoms with Crippen LogP contribution in [-0.2, 0) is 10.2 Å². The molecule has 21 heavy (non-hydrogen) atoms. The second-order valence-corrected chi connectivity index (χ2v) is 6.21. The van der Waals surface area contributed by atoms with Crippen LogP contribution in [0.3, 0.4) is 0 Å². The number of aliphatic hydroxyl groups is 1. The van der Waals surface area contributed by atoms with Crippen LogP contribution in [0.4, 0.5) is 4.39 Å². The smallest absolute Gasteiger partial charge is 0.237 e. The maximum absolute atomic E-state index is 13.1. The van der Waals surface area contributed by atoms with Gasteiger partial charge in [-0.2, -0.15) is 0 Å². The van der Waals surface area contributed by atoms with Crippen molar-refractivity contribution < 1.29 is 14.3 Å². The Labute approximate surface area is 123 Å². The van der Waals surface area contributed by atoms with Crippen LogP contribution >= 0.6 is 0 Å². The van der Waals surface area contributed by atoms with E-state index in [9.17, 15) is 14.3 Å². The Balaban J connectivity index is 1.62. The van der Waals surface area contributed by atoms with Gasteiger partial charge in [0, 0.05) is 18.5 Å². The Morgan fingerprint density at radius 3 is 2.62 bits per heavy atom. The summed E-state index contributed by atoms with van der Waals surface area (Å²) in [7, 11) is 0. The summed E-state index contributed by atoms with van der Waals surface area (Å²) in [6.45, 7) is 1.05. The van der Waals surface area contributed by atoms with E-state index >= 15 is 0 Å². The number of rotatable bonds is 4. The third kappa shape index (κ3) is 2.94. The van der Waals surface area contributed by atoms with Crippen LogP contribution in [0, 0.1) is 5.82 Å². The Morgan fingerprint density at radius 1 is 1.38 bits per heavy atom. The molecule has 0 aromatic heterocycles. The molecule has 0 bridgehead atoms. The Bertz CT molecular complexity index is 514. The van der Waals surface area contributed by atoms with Crippen molar-refractivity contribution in [1.29, 1.82) is 0 Å². The third-order valence-corrected chi connectivity index (χ3v) is 4.79. The first-order valence-electron chi connectivity index (χ1n) is 7.54. The van der Waals surface area contributed by atoms with E-state index in [0.29, 0.717) is 19.5 Å². The summed E-state index contributed by atoms with van der Waals surface area (Å²) in [5.41, 5.74) is 1.04. The number of amides is 1. The molecule has 1 saturated carbocycles. The fourth-order valence-electron chi connectivity index (χ4n) is 3.27. The lowest BCUT2D eigenvalue weighted by molar-refractivity contribution is -0.123. The molecule has 2 atom stereocenters. The molecule has 5 heteroatoms. The van der Waals surface area contributed by atoms with E-state index < -0.39 is 6.10 Å². The highest BCUT2D eigenvalue weighted by atomic mass is 19.1. The molecule has 1 aliphatic heterocycles. The Morgan fingerprint density at radius 2 is 2.10 bits per heavy atom. The molecule has 1 aromatic rings. The summed E-state index contributed by atoms with van der Waals surface area (Å²) < 4.78 is 13.1. The number of aliphatic hydroxyl groups excluding tert-OH is 1. The minimum absolute atomic E-state index is 0.0550. The summed E-state index contributed by atoms with van der Waals surface area (Å²) in [5, 5.41) is 15.5. The summed E-state index contributed by atoms with van der Waals surface area (Å²) in [5.74, 6) is -0.290. The number of β-amino-alcohol motifs (C(OH)–C–C–N with tert-alkyl or cyclic N) is 1. The van der Waals surface area contributed by atoms with Crippen molar-refractivity contribution in [3.8, 4) is 0 Å². The lowest BCUT2D eigenvalue weighted by atomic mass is 9.64. The lowest BCUT2D eigenvalue weighted by Crippen LogP contribution is -2.49. The highest BCUT2D eigenvalue weighted by Crippen LogP contribution is 2.43. The minimum Gasteiger partial charge on any atom is -0.392 e. The van der Waals surface area contributed by atoms with Gasteiger partial charge in [0.05, 0.1) is 12.1 Å². The standard InChI is InChI=1S/C16H21FN2O2/c17-12-4-2-11(3-5-12)16(6-1-7-16)10-19-15(21)14-8-13(20)9-18-14/h2-5,13-14,18,20H,1,6-10H2,(H,19,21). The van der Waals surface area contributed by atoms with Gasteiger partial charge in [0.2, 0.25) is 5.91 Å². The van der Waals surface area contributed by atoms with Crippen molar-refractivity contribution in [1.82, 2.24) is 10.6 Å². The molecule has 1 saturated heterocycles. The van der Waals surface area contributed by atoms with Crippen molar-refractivity contribution in [2.45, 2.75) is 43.2 Å². The van der Waals surface area contributed by atoms with Crippen LogP contribution < -0.4 is 10.6 Å². The molecule has 114 valence electrons. The summed E-state index contributed by atoms with van der Waals surface area (Å²) in [6.07, 6.45) is 3.19.